The van der Waals surface area contributed by atoms with Crippen molar-refractivity contribution in [2.24, 2.45) is 4.99 Å². The smallest absolute Gasteiger partial charge is 0.141 e. The minimum Gasteiger partial charge on any atom is -0.365 e. The summed E-state index contributed by atoms with van der Waals surface area (Å²) in [6, 6.07) is 0. The van der Waals surface area contributed by atoms with Crippen molar-refractivity contribution < 1.29 is 0 Å². The third-order valence-corrected chi connectivity index (χ3v) is 4.49. The SMILES string of the molecule is C=CN=C/C(=C\C)C1=CN2C(c3nccs3)=CNC2C(Cl)=C1. The van der Waals surface area contributed by atoms with Crippen molar-refractivity contribution in [3.63, 3.8) is 0 Å². The zero-order valence-corrected chi connectivity index (χ0v) is 13.6. The van der Waals surface area contributed by atoms with Crippen molar-refractivity contribution in [3.05, 3.63) is 70.1 Å². The van der Waals surface area contributed by atoms with Gasteiger partial charge in [-0.25, -0.2) is 4.98 Å². The van der Waals surface area contributed by atoms with E-state index in [0.717, 1.165) is 26.9 Å². The zero-order chi connectivity index (χ0) is 15.5. The number of nitrogens with zero attached hydrogens (tertiary/aromatic N) is 3. The molecular formula is C16H15ClN4S. The summed E-state index contributed by atoms with van der Waals surface area (Å²) in [5.74, 6) is 0. The van der Waals surface area contributed by atoms with Gasteiger partial charge in [0.05, 0.1) is 10.7 Å². The van der Waals surface area contributed by atoms with E-state index in [1.807, 2.05) is 30.7 Å². The monoisotopic (exact) mass is 330 g/mol. The normalized spacial score (nSPS) is 21.2. The van der Waals surface area contributed by atoms with Crippen LogP contribution in [0.5, 0.6) is 0 Å². The molecule has 2 aliphatic heterocycles. The lowest BCUT2D eigenvalue weighted by atomic mass is 10.0. The van der Waals surface area contributed by atoms with Crippen molar-refractivity contribution in [2.75, 3.05) is 0 Å². The Kier molecular flexibility index (Phi) is 4.27. The van der Waals surface area contributed by atoms with E-state index in [4.69, 9.17) is 11.6 Å². The molecule has 1 aromatic rings. The molecule has 1 atom stereocenters. The molecule has 1 N–H and O–H groups in total. The molecular weight excluding hydrogens is 316 g/mol. The Hall–Kier alpha value is -2.11. The molecule has 0 radical (unpaired) electrons. The standard InChI is InChI=1S/C16H15ClN4S/c1-3-11(8-18-4-2)12-7-13(17)15-20-9-14(21(15)10-12)16-19-5-6-22-16/h3-10,15,20H,2H2,1H3/b11-3+,18-8?. The van der Waals surface area contributed by atoms with E-state index in [-0.39, 0.29) is 6.17 Å². The Labute approximate surface area is 138 Å². The molecule has 3 heterocycles. The molecule has 112 valence electrons. The van der Waals surface area contributed by atoms with Crippen LogP contribution in [0.3, 0.4) is 0 Å². The third-order valence-electron chi connectivity index (χ3n) is 3.38. The number of halogens is 1. The number of allylic oxidation sites excluding steroid dienone is 4. The average molecular weight is 331 g/mol. The number of nitrogens with one attached hydrogen (secondary N) is 1. The highest BCUT2D eigenvalue weighted by molar-refractivity contribution is 7.10. The van der Waals surface area contributed by atoms with Crippen LogP contribution in [-0.4, -0.2) is 22.3 Å². The van der Waals surface area contributed by atoms with Crippen LogP contribution in [0.25, 0.3) is 5.70 Å². The molecule has 0 saturated heterocycles. The van der Waals surface area contributed by atoms with Gasteiger partial charge in [-0.05, 0) is 18.6 Å². The predicted octanol–water partition coefficient (Wildman–Crippen LogP) is 3.85. The minimum absolute atomic E-state index is 0.0706. The molecule has 0 amide bonds. The number of aromatic nitrogens is 1. The number of hydrogen-bond donors (Lipinski definition) is 1. The fourth-order valence-corrected chi connectivity index (χ4v) is 3.29. The lowest BCUT2D eigenvalue weighted by molar-refractivity contribution is 0.432. The molecule has 0 spiro atoms. The molecule has 4 nitrogen and oxygen atoms in total. The average Bonchev–Trinajstić information content (AvgIpc) is 3.16. The van der Waals surface area contributed by atoms with E-state index in [9.17, 15) is 0 Å². The molecule has 3 rings (SSSR count). The maximum atomic E-state index is 6.45. The van der Waals surface area contributed by atoms with E-state index in [2.05, 4.69) is 33.0 Å². The number of fused-ring (bicyclic) bond motifs is 1. The summed E-state index contributed by atoms with van der Waals surface area (Å²) in [6.45, 7) is 5.57. The first-order valence-electron chi connectivity index (χ1n) is 6.78. The molecule has 2 aliphatic rings. The molecule has 0 aromatic carbocycles. The molecule has 0 fully saturated rings. The van der Waals surface area contributed by atoms with Crippen molar-refractivity contribution >= 4 is 34.8 Å². The van der Waals surface area contributed by atoms with Crippen LogP contribution in [-0.2, 0) is 0 Å². The Bertz CT molecular complexity index is 725. The minimum atomic E-state index is -0.0706. The summed E-state index contributed by atoms with van der Waals surface area (Å²) >= 11 is 8.05. The van der Waals surface area contributed by atoms with Crippen molar-refractivity contribution in [3.8, 4) is 0 Å². The summed E-state index contributed by atoms with van der Waals surface area (Å²) in [7, 11) is 0. The van der Waals surface area contributed by atoms with Gasteiger partial charge in [-0.2, -0.15) is 0 Å². The first kappa shape index (κ1) is 14.8. The van der Waals surface area contributed by atoms with Crippen LogP contribution in [0.15, 0.2) is 70.1 Å². The summed E-state index contributed by atoms with van der Waals surface area (Å²) in [5.41, 5.74) is 3.00. The van der Waals surface area contributed by atoms with Crippen LogP contribution in [0.1, 0.15) is 11.9 Å². The zero-order valence-electron chi connectivity index (χ0n) is 12.0. The van der Waals surface area contributed by atoms with Crippen molar-refractivity contribution in [2.45, 2.75) is 13.1 Å². The molecule has 0 saturated carbocycles. The second kappa shape index (κ2) is 6.34. The highest BCUT2D eigenvalue weighted by Crippen LogP contribution is 2.35. The van der Waals surface area contributed by atoms with Crippen LogP contribution in [0, 0.1) is 0 Å². The highest BCUT2D eigenvalue weighted by atomic mass is 35.5. The largest absolute Gasteiger partial charge is 0.365 e. The topological polar surface area (TPSA) is 40.5 Å². The number of hydrogen-bond acceptors (Lipinski definition) is 5. The fraction of sp³-hybridized carbons (Fsp3) is 0.125. The van der Waals surface area contributed by atoms with Gasteiger partial charge in [0.15, 0.2) is 0 Å². The fourth-order valence-electron chi connectivity index (χ4n) is 2.35. The van der Waals surface area contributed by atoms with Gasteiger partial charge in [0.25, 0.3) is 0 Å². The van der Waals surface area contributed by atoms with E-state index >= 15 is 0 Å². The summed E-state index contributed by atoms with van der Waals surface area (Å²) in [5, 5.41) is 6.93. The van der Waals surface area contributed by atoms with Crippen LogP contribution in [0.2, 0.25) is 0 Å². The van der Waals surface area contributed by atoms with Crippen molar-refractivity contribution in [1.82, 2.24) is 15.2 Å². The lowest BCUT2D eigenvalue weighted by Gasteiger charge is -2.29. The maximum absolute atomic E-state index is 6.45. The van der Waals surface area contributed by atoms with Crippen LogP contribution in [0.4, 0.5) is 0 Å². The van der Waals surface area contributed by atoms with Gasteiger partial charge in [-0.1, -0.05) is 24.3 Å². The van der Waals surface area contributed by atoms with Gasteiger partial charge in [0.2, 0.25) is 0 Å². The molecule has 6 heteroatoms. The number of rotatable bonds is 4. The van der Waals surface area contributed by atoms with Gasteiger partial charge in [-0.15, -0.1) is 11.3 Å². The van der Waals surface area contributed by atoms with Gasteiger partial charge < -0.3 is 10.2 Å². The third kappa shape index (κ3) is 2.65. The Morgan fingerprint density at radius 1 is 1.59 bits per heavy atom. The predicted molar refractivity (Wildman–Crippen MR) is 93.3 cm³/mol. The Morgan fingerprint density at radius 3 is 3.14 bits per heavy atom. The van der Waals surface area contributed by atoms with Gasteiger partial charge in [0.1, 0.15) is 11.2 Å². The van der Waals surface area contributed by atoms with E-state index in [0.29, 0.717) is 0 Å². The van der Waals surface area contributed by atoms with E-state index in [1.165, 1.54) is 6.20 Å². The summed E-state index contributed by atoms with van der Waals surface area (Å²) < 4.78 is 0. The number of thiazole rings is 1. The Balaban J connectivity index is 1.97. The van der Waals surface area contributed by atoms with Crippen molar-refractivity contribution in [1.29, 1.82) is 0 Å². The summed E-state index contributed by atoms with van der Waals surface area (Å²) in [6.07, 6.45) is 13.0. The maximum Gasteiger partial charge on any atom is 0.141 e. The van der Waals surface area contributed by atoms with Gasteiger partial charge in [0, 0.05) is 42.0 Å². The van der Waals surface area contributed by atoms with E-state index in [1.54, 1.807) is 23.7 Å². The van der Waals surface area contributed by atoms with Crippen LogP contribution >= 0.6 is 22.9 Å². The van der Waals surface area contributed by atoms with E-state index < -0.39 is 0 Å². The molecule has 22 heavy (non-hydrogen) atoms. The lowest BCUT2D eigenvalue weighted by Crippen LogP contribution is -2.35. The molecule has 0 aliphatic carbocycles. The molecule has 1 unspecified atom stereocenters. The summed E-state index contributed by atoms with van der Waals surface area (Å²) in [4.78, 5) is 10.6. The number of aliphatic imine (C=N–C) groups is 1. The quantitative estimate of drug-likeness (QED) is 0.852. The first-order valence-corrected chi connectivity index (χ1v) is 8.04. The second-order valence-electron chi connectivity index (χ2n) is 4.66. The second-order valence-corrected chi connectivity index (χ2v) is 5.99. The molecule has 0 bridgehead atoms. The van der Waals surface area contributed by atoms with Gasteiger partial charge in [-0.3, -0.25) is 4.99 Å². The van der Waals surface area contributed by atoms with Crippen LogP contribution < -0.4 is 5.32 Å². The Morgan fingerprint density at radius 2 is 2.45 bits per heavy atom. The highest BCUT2D eigenvalue weighted by Gasteiger charge is 2.32. The van der Waals surface area contributed by atoms with Gasteiger partial charge >= 0.3 is 0 Å². The first-order chi connectivity index (χ1) is 10.7. The molecule has 1 aromatic heterocycles.